The van der Waals surface area contributed by atoms with E-state index in [1.54, 1.807) is 4.90 Å². The highest BCUT2D eigenvalue weighted by atomic mass is 32.2. The lowest BCUT2D eigenvalue weighted by Crippen LogP contribution is -2.37. The van der Waals surface area contributed by atoms with E-state index in [0.717, 1.165) is 11.8 Å². The van der Waals surface area contributed by atoms with Gasteiger partial charge >= 0.3 is 0 Å². The Morgan fingerprint density at radius 1 is 1.33 bits per heavy atom. The van der Waals surface area contributed by atoms with Gasteiger partial charge in [0.25, 0.3) is 0 Å². The molecule has 1 aromatic carbocycles. The van der Waals surface area contributed by atoms with E-state index in [0.29, 0.717) is 24.6 Å². The van der Waals surface area contributed by atoms with E-state index in [2.05, 4.69) is 19.9 Å². The first-order valence-electron chi connectivity index (χ1n) is 7.56. The van der Waals surface area contributed by atoms with Crippen LogP contribution in [-0.4, -0.2) is 53.2 Å². The van der Waals surface area contributed by atoms with Gasteiger partial charge < -0.3 is 4.90 Å². The minimum Gasteiger partial charge on any atom is -0.331 e. The number of amides is 1. The first kappa shape index (κ1) is 16.6. The van der Waals surface area contributed by atoms with Crippen LogP contribution in [0.15, 0.2) is 30.3 Å². The van der Waals surface area contributed by atoms with E-state index in [-0.39, 0.29) is 18.0 Å². The molecule has 8 nitrogen and oxygen atoms in total. The second kappa shape index (κ2) is 6.33. The predicted octanol–water partition coefficient (Wildman–Crippen LogP) is 0.683. The molecule has 1 fully saturated rings. The average molecular weight is 349 g/mol. The number of carbonyl (C=O) groups excluding carboxylic acids is 1. The van der Waals surface area contributed by atoms with E-state index >= 15 is 0 Å². The zero-order chi connectivity index (χ0) is 17.3. The van der Waals surface area contributed by atoms with Crippen LogP contribution in [0.1, 0.15) is 25.2 Å². The molecule has 2 atom stereocenters. The second-order valence-corrected chi connectivity index (χ2v) is 7.70. The van der Waals surface area contributed by atoms with Crippen molar-refractivity contribution in [1.29, 1.82) is 0 Å². The summed E-state index contributed by atoms with van der Waals surface area (Å²) in [7, 11) is -3.33. The van der Waals surface area contributed by atoms with Crippen LogP contribution in [0.4, 0.5) is 0 Å². The molecule has 2 heterocycles. The van der Waals surface area contributed by atoms with Gasteiger partial charge in [-0.1, -0.05) is 30.3 Å². The molecule has 0 aliphatic carbocycles. The smallest absolute Gasteiger partial charge is 0.220 e. The van der Waals surface area contributed by atoms with Crippen LogP contribution in [0.5, 0.6) is 0 Å². The molecule has 24 heavy (non-hydrogen) atoms. The summed E-state index contributed by atoms with van der Waals surface area (Å²) in [4.78, 5) is 18.0. The van der Waals surface area contributed by atoms with Crippen molar-refractivity contribution in [3.05, 3.63) is 36.2 Å². The Kier molecular flexibility index (Phi) is 4.37. The molecule has 2 aromatic rings. The molecule has 1 aromatic heterocycles. The molecule has 0 bridgehead atoms. The van der Waals surface area contributed by atoms with Crippen LogP contribution in [0, 0.1) is 0 Å². The third-order valence-corrected chi connectivity index (χ3v) is 4.70. The van der Waals surface area contributed by atoms with Gasteiger partial charge in [0.15, 0.2) is 5.82 Å². The van der Waals surface area contributed by atoms with E-state index in [9.17, 15) is 13.2 Å². The number of hydrogen-bond acceptors (Lipinski definition) is 5. The van der Waals surface area contributed by atoms with E-state index in [4.69, 9.17) is 0 Å². The molecule has 0 radical (unpaired) electrons. The number of sulfonamides is 1. The van der Waals surface area contributed by atoms with E-state index in [1.165, 1.54) is 6.92 Å². The van der Waals surface area contributed by atoms with Gasteiger partial charge in [-0.05, 0) is 6.42 Å². The van der Waals surface area contributed by atoms with Gasteiger partial charge in [-0.3, -0.25) is 9.89 Å². The van der Waals surface area contributed by atoms with Gasteiger partial charge in [-0.15, -0.1) is 0 Å². The maximum atomic E-state index is 11.9. The lowest BCUT2D eigenvalue weighted by atomic mass is 10.1. The van der Waals surface area contributed by atoms with Crippen LogP contribution in [0.2, 0.25) is 0 Å². The molecular weight excluding hydrogens is 330 g/mol. The van der Waals surface area contributed by atoms with Crippen molar-refractivity contribution < 1.29 is 13.2 Å². The van der Waals surface area contributed by atoms with Gasteiger partial charge in [0.1, 0.15) is 5.82 Å². The highest BCUT2D eigenvalue weighted by Crippen LogP contribution is 2.31. The number of H-pyrrole nitrogens is 1. The number of aromatic amines is 1. The maximum absolute atomic E-state index is 11.9. The molecule has 0 spiro atoms. The third-order valence-electron chi connectivity index (χ3n) is 3.94. The van der Waals surface area contributed by atoms with E-state index in [1.807, 2.05) is 30.3 Å². The average Bonchev–Trinajstić information content (AvgIpc) is 3.13. The van der Waals surface area contributed by atoms with Crippen molar-refractivity contribution in [3.63, 3.8) is 0 Å². The van der Waals surface area contributed by atoms with Crippen LogP contribution in [0.3, 0.4) is 0 Å². The van der Waals surface area contributed by atoms with Crippen molar-refractivity contribution >= 4 is 15.9 Å². The Morgan fingerprint density at radius 3 is 2.67 bits per heavy atom. The van der Waals surface area contributed by atoms with Gasteiger partial charge in [0.2, 0.25) is 15.9 Å². The Bertz CT molecular complexity index is 834. The lowest BCUT2D eigenvalue weighted by Gasteiger charge is -2.20. The van der Waals surface area contributed by atoms with Crippen LogP contribution in [0.25, 0.3) is 11.4 Å². The van der Waals surface area contributed by atoms with Gasteiger partial charge in [0.05, 0.1) is 12.3 Å². The molecule has 1 saturated heterocycles. The van der Waals surface area contributed by atoms with E-state index < -0.39 is 10.0 Å². The number of rotatable bonds is 4. The zero-order valence-electron chi connectivity index (χ0n) is 13.4. The normalized spacial score (nSPS) is 21.2. The number of aromatic nitrogens is 3. The monoisotopic (exact) mass is 349 g/mol. The fourth-order valence-electron chi connectivity index (χ4n) is 2.97. The molecule has 128 valence electrons. The fraction of sp³-hybridized carbons (Fsp3) is 0.400. The quantitative estimate of drug-likeness (QED) is 0.844. The third kappa shape index (κ3) is 3.62. The second-order valence-electron chi connectivity index (χ2n) is 5.92. The Labute approximate surface area is 140 Å². The first-order chi connectivity index (χ1) is 11.3. The topological polar surface area (TPSA) is 108 Å². The number of carbonyl (C=O) groups is 1. The number of nitrogens with zero attached hydrogens (tertiary/aromatic N) is 3. The van der Waals surface area contributed by atoms with Crippen molar-refractivity contribution in [2.75, 3.05) is 12.8 Å². The molecule has 1 amide bonds. The number of hydrogen-bond donors (Lipinski definition) is 2. The minimum atomic E-state index is -3.33. The molecule has 1 aliphatic rings. The van der Waals surface area contributed by atoms with Crippen molar-refractivity contribution in [1.82, 2.24) is 24.8 Å². The highest BCUT2D eigenvalue weighted by molar-refractivity contribution is 7.88. The van der Waals surface area contributed by atoms with Crippen molar-refractivity contribution in [2.24, 2.45) is 0 Å². The highest BCUT2D eigenvalue weighted by Gasteiger charge is 2.37. The minimum absolute atomic E-state index is 0.129. The summed E-state index contributed by atoms with van der Waals surface area (Å²) >= 11 is 0. The standard InChI is InChI=1S/C15H19N5O3S/c1-10(21)20-9-12(19-24(2,22)23)8-13(20)15-16-14(17-18-15)11-6-4-3-5-7-11/h3-7,12-13,19H,8-9H2,1-2H3,(H,16,17,18)/t12-,13-/m0/s1. The Hall–Kier alpha value is -2.26. The number of benzene rings is 1. The fourth-order valence-corrected chi connectivity index (χ4v) is 3.75. The maximum Gasteiger partial charge on any atom is 0.220 e. The Morgan fingerprint density at radius 2 is 2.04 bits per heavy atom. The molecule has 2 N–H and O–H groups in total. The SMILES string of the molecule is CC(=O)N1C[C@@H](NS(C)(=O)=O)C[C@H]1c1nc(-c2ccccc2)n[nH]1. The number of nitrogens with one attached hydrogen (secondary N) is 2. The summed E-state index contributed by atoms with van der Waals surface area (Å²) in [6, 6.07) is 8.85. The molecular formula is C15H19N5O3S. The van der Waals surface area contributed by atoms with Gasteiger partial charge in [0, 0.05) is 25.1 Å². The summed E-state index contributed by atoms with van der Waals surface area (Å²) in [5, 5.41) is 7.09. The molecule has 9 heteroatoms. The first-order valence-corrected chi connectivity index (χ1v) is 9.45. The predicted molar refractivity (Wildman–Crippen MR) is 88.3 cm³/mol. The molecule has 0 saturated carbocycles. The summed E-state index contributed by atoms with van der Waals surface area (Å²) in [5.41, 5.74) is 0.873. The summed E-state index contributed by atoms with van der Waals surface area (Å²) in [6.07, 6.45) is 1.57. The summed E-state index contributed by atoms with van der Waals surface area (Å²) in [6.45, 7) is 1.78. The lowest BCUT2D eigenvalue weighted by molar-refractivity contribution is -0.129. The Balaban J connectivity index is 1.84. The van der Waals surface area contributed by atoms with Crippen molar-refractivity contribution in [3.8, 4) is 11.4 Å². The van der Waals surface area contributed by atoms with Crippen LogP contribution < -0.4 is 4.72 Å². The van der Waals surface area contributed by atoms with Crippen molar-refractivity contribution in [2.45, 2.75) is 25.4 Å². The molecule has 3 rings (SSSR count). The van der Waals surface area contributed by atoms with Crippen LogP contribution >= 0.6 is 0 Å². The molecule has 0 unspecified atom stereocenters. The van der Waals surface area contributed by atoms with Crippen LogP contribution in [-0.2, 0) is 14.8 Å². The zero-order valence-corrected chi connectivity index (χ0v) is 14.2. The largest absolute Gasteiger partial charge is 0.331 e. The summed E-state index contributed by atoms with van der Waals surface area (Å²) < 4.78 is 25.4. The molecule has 1 aliphatic heterocycles. The summed E-state index contributed by atoms with van der Waals surface area (Å²) in [5.74, 6) is 0.978. The van der Waals surface area contributed by atoms with Gasteiger partial charge in [-0.25, -0.2) is 18.1 Å². The van der Waals surface area contributed by atoms with Gasteiger partial charge in [-0.2, -0.15) is 5.10 Å². The number of likely N-dealkylation sites (tertiary alicyclic amines) is 1.